The summed E-state index contributed by atoms with van der Waals surface area (Å²) in [5.74, 6) is 0. The molecule has 5 nitrogen and oxygen atoms in total. The molecule has 2 N–H and O–H groups in total. The summed E-state index contributed by atoms with van der Waals surface area (Å²) in [6, 6.07) is 0. The number of rotatable bonds is 0. The monoisotopic (exact) mass is 164 g/mol. The first-order chi connectivity index (χ1) is 2.00. The molecular formula is H2AlNaO5S+2. The molecule has 0 saturated heterocycles. The van der Waals surface area contributed by atoms with Gasteiger partial charge in [0.2, 0.25) is 0 Å². The zero-order chi connectivity index (χ0) is 4.50. The van der Waals surface area contributed by atoms with Crippen molar-refractivity contribution < 1.29 is 52.6 Å². The van der Waals surface area contributed by atoms with E-state index in [-0.39, 0.29) is 52.4 Å². The van der Waals surface area contributed by atoms with Crippen LogP contribution in [-0.2, 0) is 10.4 Å². The molecule has 0 amide bonds. The standard InChI is InChI=1S/Al.Na.H2O4S.H2O/c;;1-5(2,3)4;/h;;(H2,1,2,3,4);1H2/q+3;+1;;/p-2. The molecule has 0 aliphatic carbocycles. The summed E-state index contributed by atoms with van der Waals surface area (Å²) in [6.45, 7) is 0. The van der Waals surface area contributed by atoms with E-state index in [4.69, 9.17) is 17.5 Å². The molecule has 0 aromatic heterocycles. The third kappa shape index (κ3) is 161. The van der Waals surface area contributed by atoms with Crippen molar-refractivity contribution in [3.8, 4) is 0 Å². The molecule has 0 unspecified atom stereocenters. The Morgan fingerprint density at radius 2 is 1.12 bits per heavy atom. The molecular weight excluding hydrogens is 162 g/mol. The Morgan fingerprint density at radius 1 is 1.12 bits per heavy atom. The van der Waals surface area contributed by atoms with E-state index in [1.807, 2.05) is 0 Å². The minimum Gasteiger partial charge on any atom is -0.759 e. The van der Waals surface area contributed by atoms with Crippen molar-refractivity contribution in [1.82, 2.24) is 0 Å². The van der Waals surface area contributed by atoms with E-state index in [1.54, 1.807) is 0 Å². The van der Waals surface area contributed by atoms with Crippen molar-refractivity contribution in [2.24, 2.45) is 0 Å². The Labute approximate surface area is 79.8 Å². The van der Waals surface area contributed by atoms with Crippen LogP contribution in [0.15, 0.2) is 0 Å². The van der Waals surface area contributed by atoms with Crippen LogP contribution in [0.2, 0.25) is 0 Å². The predicted octanol–water partition coefficient (Wildman–Crippen LogP) is -5.54. The van der Waals surface area contributed by atoms with E-state index in [2.05, 4.69) is 0 Å². The predicted molar refractivity (Wildman–Crippen MR) is 19.8 cm³/mol. The van der Waals surface area contributed by atoms with Gasteiger partial charge >= 0.3 is 46.9 Å². The second-order valence-electron chi connectivity index (χ2n) is 0.408. The van der Waals surface area contributed by atoms with Crippen LogP contribution in [0.25, 0.3) is 0 Å². The van der Waals surface area contributed by atoms with Crippen LogP contribution in [0.4, 0.5) is 0 Å². The van der Waals surface area contributed by atoms with Crippen molar-refractivity contribution in [2.45, 2.75) is 0 Å². The van der Waals surface area contributed by atoms with Crippen molar-refractivity contribution in [3.05, 3.63) is 0 Å². The average molecular weight is 164 g/mol. The Bertz CT molecular complexity index is 95.6. The normalized spacial score (nSPS) is 7.25. The second kappa shape index (κ2) is 8.36. The summed E-state index contributed by atoms with van der Waals surface area (Å²) < 4.78 is 34.1. The zero-order valence-electron chi connectivity index (χ0n) is 4.12. The van der Waals surface area contributed by atoms with Crippen molar-refractivity contribution in [2.75, 3.05) is 0 Å². The quantitative estimate of drug-likeness (QED) is 0.202. The minimum absolute atomic E-state index is 0. The first-order valence-electron chi connectivity index (χ1n) is 0.667. The molecule has 0 aromatic rings. The largest absolute Gasteiger partial charge is 3.00 e. The summed E-state index contributed by atoms with van der Waals surface area (Å²) in [4.78, 5) is 0. The van der Waals surface area contributed by atoms with E-state index < -0.39 is 10.4 Å². The summed E-state index contributed by atoms with van der Waals surface area (Å²) in [6.07, 6.45) is 0. The molecule has 0 fully saturated rings. The van der Waals surface area contributed by atoms with Crippen LogP contribution in [0.3, 0.4) is 0 Å². The maximum atomic E-state index is 8.52. The van der Waals surface area contributed by atoms with Crippen LogP contribution < -0.4 is 29.6 Å². The second-order valence-corrected chi connectivity index (χ2v) is 1.22. The molecule has 0 aromatic carbocycles. The van der Waals surface area contributed by atoms with Crippen LogP contribution in [-0.4, -0.2) is 40.4 Å². The van der Waals surface area contributed by atoms with Gasteiger partial charge in [-0.15, -0.1) is 0 Å². The Hall–Kier alpha value is 1.36. The van der Waals surface area contributed by atoms with Gasteiger partial charge in [0.25, 0.3) is 0 Å². The maximum Gasteiger partial charge on any atom is 3.00 e. The molecule has 0 saturated carbocycles. The van der Waals surface area contributed by atoms with Crippen molar-refractivity contribution in [3.63, 3.8) is 0 Å². The summed E-state index contributed by atoms with van der Waals surface area (Å²) in [5.41, 5.74) is 0. The van der Waals surface area contributed by atoms with Gasteiger partial charge < -0.3 is 14.6 Å². The van der Waals surface area contributed by atoms with E-state index >= 15 is 0 Å². The molecule has 0 spiro atoms. The van der Waals surface area contributed by atoms with Crippen LogP contribution in [0.5, 0.6) is 0 Å². The fourth-order valence-corrected chi connectivity index (χ4v) is 0. The molecule has 0 bridgehead atoms. The Balaban J connectivity index is -0.0000000267. The van der Waals surface area contributed by atoms with E-state index in [1.165, 1.54) is 0 Å². The molecule has 0 heterocycles. The average Bonchev–Trinajstić information content (AvgIpc) is 0.722. The minimum atomic E-state index is -5.17. The molecule has 8 heavy (non-hydrogen) atoms. The molecule has 0 radical (unpaired) electrons. The van der Waals surface area contributed by atoms with Gasteiger partial charge in [-0.1, -0.05) is 0 Å². The smallest absolute Gasteiger partial charge is 0.759 e. The number of hydrogen-bond acceptors (Lipinski definition) is 4. The Kier molecular flexibility index (Phi) is 23.8. The molecule has 0 rings (SSSR count). The first kappa shape index (κ1) is 22.8. The van der Waals surface area contributed by atoms with Gasteiger partial charge in [0.1, 0.15) is 0 Å². The van der Waals surface area contributed by atoms with Gasteiger partial charge in [0.05, 0.1) is 0 Å². The molecule has 40 valence electrons. The molecule has 0 aliphatic heterocycles. The summed E-state index contributed by atoms with van der Waals surface area (Å²) >= 11 is 0. The van der Waals surface area contributed by atoms with Gasteiger partial charge in [-0.05, 0) is 0 Å². The molecule has 0 aliphatic rings. The fraction of sp³-hybridized carbons (Fsp3) is 0. The topological polar surface area (TPSA) is 112 Å². The van der Waals surface area contributed by atoms with Gasteiger partial charge in [-0.2, -0.15) is 0 Å². The van der Waals surface area contributed by atoms with Crippen molar-refractivity contribution >= 4 is 27.8 Å². The van der Waals surface area contributed by atoms with E-state index in [9.17, 15) is 0 Å². The third-order valence-electron chi connectivity index (χ3n) is 0. The van der Waals surface area contributed by atoms with Crippen LogP contribution in [0, 0.1) is 0 Å². The molecule has 8 heteroatoms. The number of hydrogen-bond donors (Lipinski definition) is 0. The van der Waals surface area contributed by atoms with Gasteiger partial charge in [0, 0.05) is 10.4 Å². The van der Waals surface area contributed by atoms with E-state index in [0.29, 0.717) is 0 Å². The maximum absolute atomic E-state index is 8.52. The van der Waals surface area contributed by atoms with Gasteiger partial charge in [-0.3, -0.25) is 8.42 Å². The SMILES string of the molecule is O.O=S(=O)([O-])[O-].[Al+3].[Na+]. The van der Waals surface area contributed by atoms with Gasteiger partial charge in [0.15, 0.2) is 0 Å². The third-order valence-corrected chi connectivity index (χ3v) is 0. The first-order valence-corrected chi connectivity index (χ1v) is 2.00. The fourth-order valence-electron chi connectivity index (χ4n) is 0. The molecule has 0 atom stereocenters. The summed E-state index contributed by atoms with van der Waals surface area (Å²) in [5, 5.41) is 0. The van der Waals surface area contributed by atoms with E-state index in [0.717, 1.165) is 0 Å². The Morgan fingerprint density at radius 3 is 1.12 bits per heavy atom. The van der Waals surface area contributed by atoms with Crippen LogP contribution >= 0.6 is 0 Å². The van der Waals surface area contributed by atoms with Gasteiger partial charge in [-0.25, -0.2) is 0 Å². The summed E-state index contributed by atoms with van der Waals surface area (Å²) in [7, 11) is -5.17. The van der Waals surface area contributed by atoms with Crippen molar-refractivity contribution in [1.29, 1.82) is 0 Å². The van der Waals surface area contributed by atoms with Crippen LogP contribution in [0.1, 0.15) is 0 Å². The zero-order valence-corrected chi connectivity index (χ0v) is 8.09.